The standard InChI is InChI=1S/C29H19ClN2O3/c30-25-11-4-2-7-19(25)12-15-27(33)34-20-13-14-23-26(16-20)35-29(32)24(17-31)28(23)22-10-5-8-18-6-1-3-9-21(18)22/h1-16,28H,32H2/b15-12+. The van der Waals surface area contributed by atoms with Crippen LogP contribution in [0.3, 0.4) is 0 Å². The van der Waals surface area contributed by atoms with Crippen molar-refractivity contribution in [3.05, 3.63) is 124 Å². The number of nitrogens with zero attached hydrogens (tertiary/aromatic N) is 1. The minimum absolute atomic E-state index is 0.0278. The average Bonchev–Trinajstić information content (AvgIpc) is 2.87. The molecule has 0 saturated carbocycles. The summed E-state index contributed by atoms with van der Waals surface area (Å²) in [5.41, 5.74) is 8.91. The van der Waals surface area contributed by atoms with E-state index in [1.165, 1.54) is 6.08 Å². The van der Waals surface area contributed by atoms with E-state index in [-0.39, 0.29) is 5.88 Å². The number of allylic oxidation sites excluding steroid dienone is 1. The third-order valence-electron chi connectivity index (χ3n) is 5.85. The molecule has 0 bridgehead atoms. The van der Waals surface area contributed by atoms with E-state index in [1.54, 1.807) is 36.4 Å². The lowest BCUT2D eigenvalue weighted by molar-refractivity contribution is -0.128. The highest BCUT2D eigenvalue weighted by atomic mass is 35.5. The number of hydrogen-bond donors (Lipinski definition) is 1. The first-order chi connectivity index (χ1) is 17.0. The number of nitriles is 1. The molecule has 0 aliphatic carbocycles. The van der Waals surface area contributed by atoms with Crippen molar-refractivity contribution >= 4 is 34.4 Å². The van der Waals surface area contributed by atoms with Crippen molar-refractivity contribution in [2.24, 2.45) is 5.73 Å². The smallest absolute Gasteiger partial charge is 0.336 e. The van der Waals surface area contributed by atoms with Crippen molar-refractivity contribution in [3.63, 3.8) is 0 Å². The van der Waals surface area contributed by atoms with Gasteiger partial charge in [-0.1, -0.05) is 78.3 Å². The molecule has 0 fully saturated rings. The second-order valence-corrected chi connectivity index (χ2v) is 8.38. The number of rotatable bonds is 4. The molecular weight excluding hydrogens is 460 g/mol. The molecule has 1 aliphatic rings. The van der Waals surface area contributed by atoms with Crippen LogP contribution in [-0.2, 0) is 4.79 Å². The van der Waals surface area contributed by atoms with Crippen molar-refractivity contribution in [1.82, 2.24) is 0 Å². The monoisotopic (exact) mass is 478 g/mol. The van der Waals surface area contributed by atoms with Gasteiger partial charge in [0.15, 0.2) is 0 Å². The van der Waals surface area contributed by atoms with Crippen LogP contribution in [0.4, 0.5) is 0 Å². The molecule has 1 unspecified atom stereocenters. The van der Waals surface area contributed by atoms with Crippen LogP contribution < -0.4 is 15.2 Å². The summed E-state index contributed by atoms with van der Waals surface area (Å²) in [6.45, 7) is 0. The van der Waals surface area contributed by atoms with E-state index in [4.69, 9.17) is 26.8 Å². The Bertz CT molecular complexity index is 1560. The summed E-state index contributed by atoms with van der Waals surface area (Å²) < 4.78 is 11.2. The van der Waals surface area contributed by atoms with E-state index < -0.39 is 11.9 Å². The lowest BCUT2D eigenvalue weighted by Gasteiger charge is -2.27. The molecule has 5 nitrogen and oxygen atoms in total. The van der Waals surface area contributed by atoms with Gasteiger partial charge in [-0.2, -0.15) is 5.26 Å². The number of hydrogen-bond acceptors (Lipinski definition) is 5. The zero-order valence-electron chi connectivity index (χ0n) is 18.4. The van der Waals surface area contributed by atoms with Gasteiger partial charge in [0.25, 0.3) is 0 Å². The first-order valence-electron chi connectivity index (χ1n) is 10.9. The lowest BCUT2D eigenvalue weighted by atomic mass is 9.81. The zero-order chi connectivity index (χ0) is 24.4. The minimum Gasteiger partial charge on any atom is -0.440 e. The van der Waals surface area contributed by atoms with Gasteiger partial charge >= 0.3 is 5.97 Å². The summed E-state index contributed by atoms with van der Waals surface area (Å²) in [6.07, 6.45) is 2.90. The summed E-state index contributed by atoms with van der Waals surface area (Å²) in [6, 6.07) is 28.4. The molecule has 4 aromatic carbocycles. The molecule has 1 atom stereocenters. The van der Waals surface area contributed by atoms with E-state index in [0.29, 0.717) is 27.7 Å². The zero-order valence-corrected chi connectivity index (χ0v) is 19.2. The van der Waals surface area contributed by atoms with Crippen LogP contribution in [0, 0.1) is 11.3 Å². The third-order valence-corrected chi connectivity index (χ3v) is 6.19. The van der Waals surface area contributed by atoms with Crippen LogP contribution in [0.1, 0.15) is 22.6 Å². The molecule has 0 radical (unpaired) electrons. The minimum atomic E-state index is -0.562. The number of fused-ring (bicyclic) bond motifs is 2. The number of carbonyl (C=O) groups excluding carboxylic acids is 1. The maximum absolute atomic E-state index is 12.4. The van der Waals surface area contributed by atoms with Crippen LogP contribution >= 0.6 is 11.6 Å². The Balaban J connectivity index is 1.48. The predicted octanol–water partition coefficient (Wildman–Crippen LogP) is 6.33. The fraction of sp³-hybridized carbons (Fsp3) is 0.0345. The van der Waals surface area contributed by atoms with Gasteiger partial charge in [0.05, 0.1) is 5.92 Å². The van der Waals surface area contributed by atoms with Gasteiger partial charge in [0.2, 0.25) is 5.88 Å². The first-order valence-corrected chi connectivity index (χ1v) is 11.3. The van der Waals surface area contributed by atoms with Gasteiger partial charge in [-0.05, 0) is 40.1 Å². The van der Waals surface area contributed by atoms with Crippen molar-refractivity contribution in [3.8, 4) is 17.6 Å². The number of carbonyl (C=O) groups is 1. The van der Waals surface area contributed by atoms with Crippen molar-refractivity contribution in [1.29, 1.82) is 5.26 Å². The summed E-state index contributed by atoms with van der Waals surface area (Å²) in [5, 5.41) is 12.5. The average molecular weight is 479 g/mol. The Kier molecular flexibility index (Phi) is 5.97. The third kappa shape index (κ3) is 4.35. The molecule has 35 heavy (non-hydrogen) atoms. The largest absolute Gasteiger partial charge is 0.440 e. The molecule has 6 heteroatoms. The second kappa shape index (κ2) is 9.38. The highest BCUT2D eigenvalue weighted by Crippen LogP contribution is 2.45. The lowest BCUT2D eigenvalue weighted by Crippen LogP contribution is -2.21. The number of ether oxygens (including phenoxy) is 2. The van der Waals surface area contributed by atoms with Crippen molar-refractivity contribution in [2.45, 2.75) is 5.92 Å². The van der Waals surface area contributed by atoms with E-state index in [1.807, 2.05) is 54.6 Å². The summed E-state index contributed by atoms with van der Waals surface area (Å²) in [4.78, 5) is 12.4. The predicted molar refractivity (Wildman–Crippen MR) is 136 cm³/mol. The second-order valence-electron chi connectivity index (χ2n) is 7.97. The van der Waals surface area contributed by atoms with Gasteiger partial charge in [-0.15, -0.1) is 0 Å². The van der Waals surface area contributed by atoms with Crippen molar-refractivity contribution < 1.29 is 14.3 Å². The fourth-order valence-corrected chi connectivity index (χ4v) is 4.44. The Morgan fingerprint density at radius 2 is 1.77 bits per heavy atom. The maximum atomic E-state index is 12.4. The van der Waals surface area contributed by atoms with Crippen LogP contribution in [-0.4, -0.2) is 5.97 Å². The van der Waals surface area contributed by atoms with E-state index in [9.17, 15) is 10.1 Å². The van der Waals surface area contributed by atoms with Gasteiger partial charge < -0.3 is 15.2 Å². The molecule has 0 aromatic heterocycles. The van der Waals surface area contributed by atoms with Gasteiger partial charge in [0.1, 0.15) is 23.1 Å². The normalized spacial score (nSPS) is 14.9. The number of halogens is 1. The van der Waals surface area contributed by atoms with Gasteiger partial charge in [-0.3, -0.25) is 0 Å². The summed E-state index contributed by atoms with van der Waals surface area (Å²) >= 11 is 6.13. The van der Waals surface area contributed by atoms with Crippen LogP contribution in [0.15, 0.2) is 102 Å². The molecule has 1 aliphatic heterocycles. The molecule has 2 N–H and O–H groups in total. The first kappa shape index (κ1) is 22.3. The Morgan fingerprint density at radius 3 is 2.60 bits per heavy atom. The van der Waals surface area contributed by atoms with Crippen LogP contribution in [0.5, 0.6) is 11.5 Å². The van der Waals surface area contributed by atoms with Crippen LogP contribution in [0.2, 0.25) is 5.02 Å². The Morgan fingerprint density at radius 1 is 1.00 bits per heavy atom. The number of benzene rings is 4. The quantitative estimate of drug-likeness (QED) is 0.210. The number of esters is 1. The highest BCUT2D eigenvalue weighted by molar-refractivity contribution is 6.32. The topological polar surface area (TPSA) is 85.3 Å². The van der Waals surface area contributed by atoms with Gasteiger partial charge in [0, 0.05) is 22.7 Å². The molecular formula is C29H19ClN2O3. The maximum Gasteiger partial charge on any atom is 0.336 e. The molecule has 170 valence electrons. The van der Waals surface area contributed by atoms with Crippen LogP contribution in [0.25, 0.3) is 16.8 Å². The molecule has 5 rings (SSSR count). The van der Waals surface area contributed by atoms with E-state index >= 15 is 0 Å². The SMILES string of the molecule is N#CC1=C(N)Oc2cc(OC(=O)/C=C/c3ccccc3Cl)ccc2C1c1cccc2ccccc12. The van der Waals surface area contributed by atoms with Gasteiger partial charge in [-0.25, -0.2) is 4.79 Å². The van der Waals surface area contributed by atoms with E-state index in [0.717, 1.165) is 21.9 Å². The summed E-state index contributed by atoms with van der Waals surface area (Å²) in [7, 11) is 0. The molecule has 0 amide bonds. The Hall–Kier alpha value is -4.53. The molecule has 0 saturated heterocycles. The molecule has 1 heterocycles. The Labute approximate surface area is 207 Å². The van der Waals surface area contributed by atoms with E-state index in [2.05, 4.69) is 6.07 Å². The summed E-state index contributed by atoms with van der Waals surface area (Å²) in [5.74, 6) is -0.227. The highest BCUT2D eigenvalue weighted by Gasteiger charge is 2.32. The molecule has 4 aromatic rings. The molecule has 0 spiro atoms. The van der Waals surface area contributed by atoms with Crippen molar-refractivity contribution in [2.75, 3.05) is 0 Å². The number of nitrogens with two attached hydrogens (primary N) is 1. The fourth-order valence-electron chi connectivity index (χ4n) is 4.24.